The van der Waals surface area contributed by atoms with E-state index in [9.17, 15) is 5.11 Å². The van der Waals surface area contributed by atoms with Gasteiger partial charge < -0.3 is 10.2 Å². The molecular formula is C8H12O2. The lowest BCUT2D eigenvalue weighted by atomic mass is 9.83. The normalized spacial score (nSPS) is 29.9. The Morgan fingerprint density at radius 1 is 1.50 bits per heavy atom. The highest BCUT2D eigenvalue weighted by molar-refractivity contribution is 5.23. The van der Waals surface area contributed by atoms with Crippen LogP contribution in [0.25, 0.3) is 0 Å². The van der Waals surface area contributed by atoms with E-state index >= 15 is 0 Å². The fourth-order valence-electron chi connectivity index (χ4n) is 0.952. The zero-order valence-electron chi connectivity index (χ0n) is 6.20. The summed E-state index contributed by atoms with van der Waals surface area (Å²) < 4.78 is 0. The molecule has 1 atom stereocenters. The number of aliphatic hydroxyl groups excluding tert-OH is 2. The predicted molar refractivity (Wildman–Crippen MR) is 39.6 cm³/mol. The Labute approximate surface area is 60.5 Å². The van der Waals surface area contributed by atoms with Gasteiger partial charge in [-0.1, -0.05) is 19.9 Å². The first kappa shape index (κ1) is 7.35. The molecule has 1 aliphatic carbocycles. The topological polar surface area (TPSA) is 40.5 Å². The van der Waals surface area contributed by atoms with Crippen molar-refractivity contribution >= 4 is 0 Å². The summed E-state index contributed by atoms with van der Waals surface area (Å²) in [6.45, 7) is 3.74. The summed E-state index contributed by atoms with van der Waals surface area (Å²) in [5.74, 6) is 0.232. The predicted octanol–water partition coefficient (Wildman–Crippen LogP) is 1.39. The molecule has 2 heteroatoms. The average Bonchev–Trinajstić information content (AvgIpc) is 1.78. The maximum atomic E-state index is 9.31. The van der Waals surface area contributed by atoms with Crippen LogP contribution in [0, 0.1) is 5.41 Å². The van der Waals surface area contributed by atoms with Crippen LogP contribution < -0.4 is 0 Å². The van der Waals surface area contributed by atoms with Crippen LogP contribution in [0.4, 0.5) is 0 Å². The molecule has 1 rings (SSSR count). The average molecular weight is 140 g/mol. The van der Waals surface area contributed by atoms with E-state index in [-0.39, 0.29) is 11.2 Å². The summed E-state index contributed by atoms with van der Waals surface area (Å²) in [6, 6.07) is 0. The minimum atomic E-state index is -0.483. The van der Waals surface area contributed by atoms with Gasteiger partial charge in [0.25, 0.3) is 0 Å². The maximum Gasteiger partial charge on any atom is 0.112 e. The van der Waals surface area contributed by atoms with Crippen molar-refractivity contribution in [3.63, 3.8) is 0 Å². The number of rotatable bonds is 0. The number of aliphatic hydroxyl groups is 2. The van der Waals surface area contributed by atoms with E-state index in [4.69, 9.17) is 5.11 Å². The van der Waals surface area contributed by atoms with E-state index in [0.29, 0.717) is 0 Å². The van der Waals surface area contributed by atoms with Gasteiger partial charge in [-0.15, -0.1) is 0 Å². The Morgan fingerprint density at radius 2 is 2.10 bits per heavy atom. The summed E-state index contributed by atoms with van der Waals surface area (Å²) >= 11 is 0. The van der Waals surface area contributed by atoms with Crippen molar-refractivity contribution in [3.8, 4) is 0 Å². The first-order valence-electron chi connectivity index (χ1n) is 3.30. The van der Waals surface area contributed by atoms with Crippen molar-refractivity contribution in [3.05, 3.63) is 24.0 Å². The molecule has 0 aliphatic heterocycles. The highest BCUT2D eigenvalue weighted by atomic mass is 16.3. The lowest BCUT2D eigenvalue weighted by molar-refractivity contribution is 0.119. The summed E-state index contributed by atoms with van der Waals surface area (Å²) in [5.41, 5.74) is -0.334. The third kappa shape index (κ3) is 1.21. The Morgan fingerprint density at radius 3 is 2.50 bits per heavy atom. The van der Waals surface area contributed by atoms with E-state index in [0.717, 1.165) is 0 Å². The molecule has 1 aliphatic rings. The number of hydrogen-bond donors (Lipinski definition) is 2. The monoisotopic (exact) mass is 140 g/mol. The zero-order valence-corrected chi connectivity index (χ0v) is 6.20. The molecule has 0 aromatic carbocycles. The van der Waals surface area contributed by atoms with Crippen molar-refractivity contribution in [2.24, 2.45) is 5.41 Å². The Balaban J connectivity index is 2.88. The molecule has 0 aromatic heterocycles. The number of allylic oxidation sites excluding steroid dienone is 1. The Bertz CT molecular complexity index is 189. The van der Waals surface area contributed by atoms with Crippen LogP contribution in [0.2, 0.25) is 0 Å². The number of hydrogen-bond acceptors (Lipinski definition) is 2. The van der Waals surface area contributed by atoms with E-state index in [1.165, 1.54) is 6.08 Å². The van der Waals surface area contributed by atoms with E-state index in [2.05, 4.69) is 0 Å². The van der Waals surface area contributed by atoms with Crippen LogP contribution in [-0.4, -0.2) is 16.3 Å². The van der Waals surface area contributed by atoms with Crippen LogP contribution >= 0.6 is 0 Å². The summed E-state index contributed by atoms with van der Waals surface area (Å²) in [6.07, 6.45) is 4.27. The first-order valence-corrected chi connectivity index (χ1v) is 3.30. The van der Waals surface area contributed by atoms with Gasteiger partial charge in [-0.3, -0.25) is 0 Å². The Hall–Kier alpha value is -0.760. The standard InChI is InChI=1S/C8H12O2/c1-8(2)5-6(9)3-4-7(8)10/h3-5,7,9-10H,1-2H3. The van der Waals surface area contributed by atoms with Gasteiger partial charge in [-0.05, 0) is 12.2 Å². The van der Waals surface area contributed by atoms with E-state index in [1.807, 2.05) is 13.8 Å². The fraction of sp³-hybridized carbons (Fsp3) is 0.500. The van der Waals surface area contributed by atoms with Gasteiger partial charge in [0.05, 0.1) is 6.10 Å². The van der Waals surface area contributed by atoms with Crippen molar-refractivity contribution in [2.75, 3.05) is 0 Å². The highest BCUT2D eigenvalue weighted by Gasteiger charge is 2.26. The molecule has 0 heterocycles. The van der Waals surface area contributed by atoms with Gasteiger partial charge >= 0.3 is 0 Å². The maximum absolute atomic E-state index is 9.31. The van der Waals surface area contributed by atoms with E-state index < -0.39 is 6.10 Å². The van der Waals surface area contributed by atoms with Crippen LogP contribution in [0.3, 0.4) is 0 Å². The molecule has 2 N–H and O–H groups in total. The zero-order chi connectivity index (χ0) is 7.78. The SMILES string of the molecule is CC1(C)C=C(O)C=CC1O. The van der Waals surface area contributed by atoms with Gasteiger partial charge in [0.15, 0.2) is 0 Å². The molecule has 0 saturated heterocycles. The van der Waals surface area contributed by atoms with Gasteiger partial charge in [0.2, 0.25) is 0 Å². The first-order chi connectivity index (χ1) is 4.52. The highest BCUT2D eigenvalue weighted by Crippen LogP contribution is 2.28. The quantitative estimate of drug-likeness (QED) is 0.533. The summed E-state index contributed by atoms with van der Waals surface area (Å²) in [5, 5.41) is 18.3. The molecule has 0 radical (unpaired) electrons. The van der Waals surface area contributed by atoms with Crippen molar-refractivity contribution in [1.82, 2.24) is 0 Å². The molecule has 10 heavy (non-hydrogen) atoms. The second kappa shape index (κ2) is 2.13. The van der Waals surface area contributed by atoms with Crippen molar-refractivity contribution in [1.29, 1.82) is 0 Å². The summed E-state index contributed by atoms with van der Waals surface area (Å²) in [7, 11) is 0. The molecule has 1 unspecified atom stereocenters. The Kier molecular flexibility index (Phi) is 1.57. The molecule has 0 spiro atoms. The van der Waals surface area contributed by atoms with Crippen LogP contribution in [0.15, 0.2) is 24.0 Å². The van der Waals surface area contributed by atoms with Crippen molar-refractivity contribution < 1.29 is 10.2 Å². The van der Waals surface area contributed by atoms with Gasteiger partial charge in [0, 0.05) is 5.41 Å². The molecule has 0 amide bonds. The molecule has 0 aromatic rings. The molecule has 0 saturated carbocycles. The third-order valence-corrected chi connectivity index (χ3v) is 1.73. The van der Waals surface area contributed by atoms with E-state index in [1.54, 1.807) is 12.2 Å². The lowest BCUT2D eigenvalue weighted by Gasteiger charge is -2.27. The fourth-order valence-corrected chi connectivity index (χ4v) is 0.952. The third-order valence-electron chi connectivity index (χ3n) is 1.73. The summed E-state index contributed by atoms with van der Waals surface area (Å²) in [4.78, 5) is 0. The minimum absolute atomic E-state index is 0.232. The molecular weight excluding hydrogens is 128 g/mol. The molecule has 2 nitrogen and oxygen atoms in total. The van der Waals surface area contributed by atoms with Gasteiger partial charge in [-0.2, -0.15) is 0 Å². The van der Waals surface area contributed by atoms with Crippen LogP contribution in [-0.2, 0) is 0 Å². The largest absolute Gasteiger partial charge is 0.508 e. The smallest absolute Gasteiger partial charge is 0.112 e. The molecule has 0 bridgehead atoms. The molecule has 0 fully saturated rings. The minimum Gasteiger partial charge on any atom is -0.508 e. The van der Waals surface area contributed by atoms with Gasteiger partial charge in [-0.25, -0.2) is 0 Å². The van der Waals surface area contributed by atoms with Crippen molar-refractivity contribution in [2.45, 2.75) is 20.0 Å². The second-order valence-electron chi connectivity index (χ2n) is 3.19. The second-order valence-corrected chi connectivity index (χ2v) is 3.19. The van der Waals surface area contributed by atoms with Gasteiger partial charge in [0.1, 0.15) is 5.76 Å². The van der Waals surface area contributed by atoms with Crippen LogP contribution in [0.1, 0.15) is 13.8 Å². The lowest BCUT2D eigenvalue weighted by Crippen LogP contribution is -2.27. The van der Waals surface area contributed by atoms with Crippen LogP contribution in [0.5, 0.6) is 0 Å². The molecule has 56 valence electrons.